The van der Waals surface area contributed by atoms with E-state index in [9.17, 15) is 9.59 Å². The smallest absolute Gasteiger partial charge is 0.238 e. The van der Waals surface area contributed by atoms with Crippen molar-refractivity contribution in [3.8, 4) is 0 Å². The van der Waals surface area contributed by atoms with Gasteiger partial charge in [0.15, 0.2) is 0 Å². The van der Waals surface area contributed by atoms with Gasteiger partial charge in [0.1, 0.15) is 0 Å². The number of nitrogens with one attached hydrogen (secondary N) is 1. The molecule has 1 aliphatic heterocycles. The average Bonchev–Trinajstić information content (AvgIpc) is 2.49. The first-order valence-electron chi connectivity index (χ1n) is 7.58. The predicted molar refractivity (Wildman–Crippen MR) is 89.6 cm³/mol. The van der Waals surface area contributed by atoms with E-state index in [1.165, 1.54) is 0 Å². The minimum absolute atomic E-state index is 0.00759. The number of para-hydroxylation sites is 1. The quantitative estimate of drug-likeness (QED) is 0.882. The number of likely N-dealkylation sites (N-methyl/N-ethyl adjacent to an activating group) is 1. The van der Waals surface area contributed by atoms with E-state index in [1.54, 1.807) is 41.1 Å². The molecule has 23 heavy (non-hydrogen) atoms. The van der Waals surface area contributed by atoms with Crippen LogP contribution in [-0.4, -0.2) is 67.6 Å². The number of carbonyl (C=O) groups is 2. The summed E-state index contributed by atoms with van der Waals surface area (Å²) in [7, 11) is 1.74. The van der Waals surface area contributed by atoms with Crippen molar-refractivity contribution in [1.29, 1.82) is 0 Å². The van der Waals surface area contributed by atoms with Crippen molar-refractivity contribution in [2.45, 2.75) is 13.0 Å². The fraction of sp³-hybridized carbons (Fsp3) is 0.500. The molecule has 0 saturated carbocycles. The van der Waals surface area contributed by atoms with Crippen LogP contribution in [0.2, 0.25) is 5.02 Å². The lowest BCUT2D eigenvalue weighted by molar-refractivity contribution is -0.139. The largest absolute Gasteiger partial charge is 0.375 e. The van der Waals surface area contributed by atoms with Gasteiger partial charge in [-0.15, -0.1) is 0 Å². The summed E-state index contributed by atoms with van der Waals surface area (Å²) in [6.45, 7) is 4.02. The van der Waals surface area contributed by atoms with Crippen molar-refractivity contribution in [3.63, 3.8) is 0 Å². The maximum Gasteiger partial charge on any atom is 0.238 e. The SMILES string of the molecule is C[C@@H]1CN(C(=O)CN(C)CC(=O)Nc2ccccc2Cl)CCO1. The Bertz CT molecular complexity index is 567. The van der Waals surface area contributed by atoms with Gasteiger partial charge in [-0.05, 0) is 26.1 Å². The molecule has 1 heterocycles. The second-order valence-electron chi connectivity index (χ2n) is 5.72. The summed E-state index contributed by atoms with van der Waals surface area (Å²) in [5.74, 6) is -0.197. The molecule has 0 bridgehead atoms. The van der Waals surface area contributed by atoms with Crippen LogP contribution in [-0.2, 0) is 14.3 Å². The van der Waals surface area contributed by atoms with Crippen molar-refractivity contribution in [2.24, 2.45) is 0 Å². The number of rotatable bonds is 5. The number of anilines is 1. The number of nitrogens with zero attached hydrogens (tertiary/aromatic N) is 2. The van der Waals surface area contributed by atoms with E-state index in [-0.39, 0.29) is 31.0 Å². The number of ether oxygens (including phenoxy) is 1. The topological polar surface area (TPSA) is 61.9 Å². The van der Waals surface area contributed by atoms with Gasteiger partial charge in [-0.2, -0.15) is 0 Å². The number of benzene rings is 1. The van der Waals surface area contributed by atoms with Crippen LogP contribution in [0.3, 0.4) is 0 Å². The van der Waals surface area contributed by atoms with Crippen LogP contribution in [0.4, 0.5) is 5.69 Å². The first-order chi connectivity index (χ1) is 11.0. The molecule has 1 atom stereocenters. The summed E-state index contributed by atoms with van der Waals surface area (Å²) >= 11 is 6.00. The van der Waals surface area contributed by atoms with E-state index < -0.39 is 0 Å². The van der Waals surface area contributed by atoms with Crippen LogP contribution < -0.4 is 5.32 Å². The van der Waals surface area contributed by atoms with Crippen molar-refractivity contribution < 1.29 is 14.3 Å². The number of halogens is 1. The van der Waals surface area contributed by atoms with E-state index in [1.807, 2.05) is 6.92 Å². The highest BCUT2D eigenvalue weighted by Gasteiger charge is 2.22. The molecule has 1 N–H and O–H groups in total. The molecule has 0 aliphatic carbocycles. The third kappa shape index (κ3) is 5.49. The predicted octanol–water partition coefficient (Wildman–Crippen LogP) is 1.46. The van der Waals surface area contributed by atoms with Gasteiger partial charge in [-0.1, -0.05) is 23.7 Å². The second-order valence-corrected chi connectivity index (χ2v) is 6.13. The lowest BCUT2D eigenvalue weighted by Crippen LogP contribution is -2.48. The Labute approximate surface area is 141 Å². The second kappa shape index (κ2) is 8.29. The molecule has 1 aromatic carbocycles. The summed E-state index contributed by atoms with van der Waals surface area (Å²) in [6, 6.07) is 7.05. The third-order valence-electron chi connectivity index (χ3n) is 3.56. The number of hydrogen-bond donors (Lipinski definition) is 1. The molecule has 2 amide bonds. The van der Waals surface area contributed by atoms with E-state index in [4.69, 9.17) is 16.3 Å². The molecule has 6 nitrogen and oxygen atoms in total. The molecular weight excluding hydrogens is 318 g/mol. The van der Waals surface area contributed by atoms with Gasteiger partial charge in [0.2, 0.25) is 11.8 Å². The van der Waals surface area contributed by atoms with Gasteiger partial charge in [-0.25, -0.2) is 0 Å². The maximum absolute atomic E-state index is 12.2. The lowest BCUT2D eigenvalue weighted by atomic mass is 10.3. The molecule has 7 heteroatoms. The zero-order valence-corrected chi connectivity index (χ0v) is 14.2. The molecule has 1 aromatic rings. The Morgan fingerprint density at radius 1 is 1.39 bits per heavy atom. The summed E-state index contributed by atoms with van der Waals surface area (Å²) in [4.78, 5) is 27.7. The summed E-state index contributed by atoms with van der Waals surface area (Å²) in [5.41, 5.74) is 0.570. The van der Waals surface area contributed by atoms with Gasteiger partial charge < -0.3 is 15.0 Å². The zero-order chi connectivity index (χ0) is 16.8. The Hall–Kier alpha value is -1.63. The standard InChI is InChI=1S/C16H22ClN3O3/c1-12-9-20(7-8-23-12)16(22)11-19(2)10-15(21)18-14-6-4-3-5-13(14)17/h3-6,12H,7-11H2,1-2H3,(H,18,21)/t12-/m1/s1. The maximum atomic E-state index is 12.2. The van der Waals surface area contributed by atoms with Gasteiger partial charge in [0.25, 0.3) is 0 Å². The number of carbonyl (C=O) groups excluding carboxylic acids is 2. The highest BCUT2D eigenvalue weighted by Crippen LogP contribution is 2.20. The number of amides is 2. The van der Waals surface area contributed by atoms with Crippen LogP contribution in [0.5, 0.6) is 0 Å². The molecule has 0 radical (unpaired) electrons. The summed E-state index contributed by atoms with van der Waals surface area (Å²) in [5, 5.41) is 3.23. The van der Waals surface area contributed by atoms with Gasteiger partial charge in [0.05, 0.1) is 36.5 Å². The normalized spacial score (nSPS) is 18.1. The number of morpholine rings is 1. The van der Waals surface area contributed by atoms with E-state index in [0.717, 1.165) is 0 Å². The fourth-order valence-corrected chi connectivity index (χ4v) is 2.61. The zero-order valence-electron chi connectivity index (χ0n) is 13.4. The first-order valence-corrected chi connectivity index (χ1v) is 7.96. The van der Waals surface area contributed by atoms with Gasteiger partial charge in [-0.3, -0.25) is 14.5 Å². The molecular formula is C16H22ClN3O3. The van der Waals surface area contributed by atoms with Crippen LogP contribution in [0.15, 0.2) is 24.3 Å². The minimum Gasteiger partial charge on any atom is -0.375 e. The van der Waals surface area contributed by atoms with Crippen LogP contribution in [0, 0.1) is 0 Å². The molecule has 2 rings (SSSR count). The van der Waals surface area contributed by atoms with Crippen LogP contribution >= 0.6 is 11.6 Å². The molecule has 0 unspecified atom stereocenters. The first kappa shape index (κ1) is 17.7. The van der Waals surface area contributed by atoms with Gasteiger partial charge in [0, 0.05) is 13.1 Å². The van der Waals surface area contributed by atoms with E-state index in [2.05, 4.69) is 5.32 Å². The third-order valence-corrected chi connectivity index (χ3v) is 3.89. The van der Waals surface area contributed by atoms with E-state index in [0.29, 0.717) is 30.4 Å². The summed E-state index contributed by atoms with van der Waals surface area (Å²) in [6.07, 6.45) is 0.0570. The van der Waals surface area contributed by atoms with Crippen molar-refractivity contribution >= 4 is 29.1 Å². The highest BCUT2D eigenvalue weighted by atomic mass is 35.5. The fourth-order valence-electron chi connectivity index (χ4n) is 2.43. The average molecular weight is 340 g/mol. The molecule has 126 valence electrons. The van der Waals surface area contributed by atoms with Crippen molar-refractivity contribution in [2.75, 3.05) is 45.2 Å². The molecule has 0 spiro atoms. The minimum atomic E-state index is -0.205. The van der Waals surface area contributed by atoms with Gasteiger partial charge >= 0.3 is 0 Å². The molecule has 1 saturated heterocycles. The van der Waals surface area contributed by atoms with Crippen molar-refractivity contribution in [1.82, 2.24) is 9.80 Å². The highest BCUT2D eigenvalue weighted by molar-refractivity contribution is 6.33. The van der Waals surface area contributed by atoms with Crippen molar-refractivity contribution in [3.05, 3.63) is 29.3 Å². The Morgan fingerprint density at radius 3 is 2.83 bits per heavy atom. The van der Waals surface area contributed by atoms with Crippen LogP contribution in [0.1, 0.15) is 6.92 Å². The molecule has 1 fully saturated rings. The Balaban J connectivity index is 1.79. The monoisotopic (exact) mass is 339 g/mol. The van der Waals surface area contributed by atoms with E-state index >= 15 is 0 Å². The summed E-state index contributed by atoms with van der Waals surface area (Å²) < 4.78 is 5.42. The molecule has 1 aliphatic rings. The van der Waals surface area contributed by atoms with Crippen LogP contribution in [0.25, 0.3) is 0 Å². The molecule has 0 aromatic heterocycles. The number of hydrogen-bond acceptors (Lipinski definition) is 4. The lowest BCUT2D eigenvalue weighted by Gasteiger charge is -2.32. The Kier molecular flexibility index (Phi) is 6.38. The Morgan fingerprint density at radius 2 is 2.13 bits per heavy atom.